The highest BCUT2D eigenvalue weighted by Crippen LogP contribution is 2.20. The van der Waals surface area contributed by atoms with Crippen molar-refractivity contribution >= 4 is 22.6 Å². The predicted octanol–water partition coefficient (Wildman–Crippen LogP) is 3.67. The molecule has 0 amide bonds. The van der Waals surface area contributed by atoms with Crippen LogP contribution in [-0.4, -0.2) is 14.5 Å². The molecule has 2 aromatic heterocycles. The number of rotatable bonds is 3. The molecule has 0 N–H and O–H groups in total. The lowest BCUT2D eigenvalue weighted by molar-refractivity contribution is 0.629. The Labute approximate surface area is 121 Å². The highest BCUT2D eigenvalue weighted by molar-refractivity contribution is 6.16. The van der Waals surface area contributed by atoms with E-state index in [2.05, 4.69) is 9.97 Å². The number of nitrogens with zero attached hydrogens (tertiary/aromatic N) is 3. The number of pyridine rings is 1. The van der Waals surface area contributed by atoms with Gasteiger partial charge in [-0.1, -0.05) is 6.07 Å². The fraction of sp³-hybridized carbons (Fsp3) is 0.200. The van der Waals surface area contributed by atoms with Gasteiger partial charge in [0.05, 0.1) is 29.2 Å². The minimum absolute atomic E-state index is 0.280. The van der Waals surface area contributed by atoms with E-state index in [0.29, 0.717) is 12.1 Å². The SMILES string of the molecule is Cc1cccc(Cn2c(CCl)nc3cc(F)ccc32)n1. The van der Waals surface area contributed by atoms with Crippen LogP contribution in [0.4, 0.5) is 4.39 Å². The van der Waals surface area contributed by atoms with E-state index in [0.717, 1.165) is 22.7 Å². The molecule has 20 heavy (non-hydrogen) atoms. The summed E-state index contributed by atoms with van der Waals surface area (Å²) in [5, 5.41) is 0. The van der Waals surface area contributed by atoms with Crippen molar-refractivity contribution in [2.24, 2.45) is 0 Å². The molecule has 3 nitrogen and oxygen atoms in total. The van der Waals surface area contributed by atoms with Gasteiger partial charge in [0.1, 0.15) is 11.6 Å². The van der Waals surface area contributed by atoms with Crippen LogP contribution in [0.25, 0.3) is 11.0 Å². The van der Waals surface area contributed by atoms with E-state index in [-0.39, 0.29) is 11.7 Å². The highest BCUT2D eigenvalue weighted by atomic mass is 35.5. The molecule has 2 heterocycles. The molecule has 0 spiro atoms. The Morgan fingerprint density at radius 1 is 1.20 bits per heavy atom. The summed E-state index contributed by atoms with van der Waals surface area (Å²) >= 11 is 5.94. The molecular weight excluding hydrogens is 277 g/mol. The molecule has 0 radical (unpaired) electrons. The van der Waals surface area contributed by atoms with Crippen LogP contribution in [0, 0.1) is 12.7 Å². The van der Waals surface area contributed by atoms with Gasteiger partial charge in [0, 0.05) is 11.8 Å². The standard InChI is InChI=1S/C15H13ClFN3/c1-10-3-2-4-12(18-10)9-20-14-6-5-11(17)7-13(14)19-15(20)8-16/h2-7H,8-9H2,1H3. The van der Waals surface area contributed by atoms with Crippen molar-refractivity contribution in [1.29, 1.82) is 0 Å². The third-order valence-corrected chi connectivity index (χ3v) is 3.41. The number of halogens is 2. The van der Waals surface area contributed by atoms with E-state index in [4.69, 9.17) is 11.6 Å². The Morgan fingerprint density at radius 3 is 2.80 bits per heavy atom. The van der Waals surface area contributed by atoms with Crippen LogP contribution in [0.1, 0.15) is 17.2 Å². The monoisotopic (exact) mass is 289 g/mol. The zero-order chi connectivity index (χ0) is 14.1. The molecule has 0 fully saturated rings. The van der Waals surface area contributed by atoms with Crippen LogP contribution in [0.2, 0.25) is 0 Å². The average Bonchev–Trinajstić information content (AvgIpc) is 2.76. The van der Waals surface area contributed by atoms with Crippen LogP contribution in [0.5, 0.6) is 0 Å². The van der Waals surface area contributed by atoms with Crippen molar-refractivity contribution in [2.75, 3.05) is 0 Å². The number of hydrogen-bond acceptors (Lipinski definition) is 2. The molecule has 0 atom stereocenters. The number of hydrogen-bond donors (Lipinski definition) is 0. The molecule has 0 saturated heterocycles. The van der Waals surface area contributed by atoms with Crippen LogP contribution >= 0.6 is 11.6 Å². The highest BCUT2D eigenvalue weighted by Gasteiger charge is 2.11. The quantitative estimate of drug-likeness (QED) is 0.689. The van der Waals surface area contributed by atoms with Crippen molar-refractivity contribution in [3.8, 4) is 0 Å². The summed E-state index contributed by atoms with van der Waals surface area (Å²) in [7, 11) is 0. The summed E-state index contributed by atoms with van der Waals surface area (Å²) in [4.78, 5) is 8.86. The maximum absolute atomic E-state index is 13.3. The fourth-order valence-electron chi connectivity index (χ4n) is 2.28. The Bertz CT molecular complexity index is 767. The van der Waals surface area contributed by atoms with Gasteiger partial charge in [0.15, 0.2) is 0 Å². The van der Waals surface area contributed by atoms with Crippen molar-refractivity contribution in [2.45, 2.75) is 19.3 Å². The molecule has 3 rings (SSSR count). The first-order chi connectivity index (χ1) is 9.67. The lowest BCUT2D eigenvalue weighted by Crippen LogP contribution is -2.05. The number of fused-ring (bicyclic) bond motifs is 1. The molecule has 3 aromatic rings. The molecule has 5 heteroatoms. The van der Waals surface area contributed by atoms with Gasteiger partial charge in [-0.25, -0.2) is 9.37 Å². The number of imidazole rings is 1. The molecule has 0 aliphatic rings. The molecule has 1 aromatic carbocycles. The van der Waals surface area contributed by atoms with E-state index < -0.39 is 0 Å². The molecule has 0 aliphatic heterocycles. The summed E-state index contributed by atoms with van der Waals surface area (Å²) < 4.78 is 15.2. The van der Waals surface area contributed by atoms with Crippen LogP contribution in [0.3, 0.4) is 0 Å². The van der Waals surface area contributed by atoms with E-state index in [1.807, 2.05) is 29.7 Å². The number of benzene rings is 1. The molecule has 0 bridgehead atoms. The second kappa shape index (κ2) is 5.21. The number of alkyl halides is 1. The van der Waals surface area contributed by atoms with Crippen molar-refractivity contribution in [3.63, 3.8) is 0 Å². The summed E-state index contributed by atoms with van der Waals surface area (Å²) in [6.07, 6.45) is 0. The minimum atomic E-state index is -0.294. The fourth-order valence-corrected chi connectivity index (χ4v) is 2.48. The third-order valence-electron chi connectivity index (χ3n) is 3.17. The first kappa shape index (κ1) is 13.1. The number of aromatic nitrogens is 3. The first-order valence-electron chi connectivity index (χ1n) is 6.30. The zero-order valence-corrected chi connectivity index (χ0v) is 11.7. The maximum atomic E-state index is 13.3. The minimum Gasteiger partial charge on any atom is -0.321 e. The van der Waals surface area contributed by atoms with E-state index in [9.17, 15) is 4.39 Å². The summed E-state index contributed by atoms with van der Waals surface area (Å²) in [6.45, 7) is 2.53. The molecule has 102 valence electrons. The normalized spacial score (nSPS) is 11.2. The van der Waals surface area contributed by atoms with Gasteiger partial charge < -0.3 is 4.57 Å². The Morgan fingerprint density at radius 2 is 2.05 bits per heavy atom. The van der Waals surface area contributed by atoms with E-state index in [1.54, 1.807) is 6.07 Å². The molecule has 0 saturated carbocycles. The Kier molecular flexibility index (Phi) is 3.40. The Balaban J connectivity index is 2.10. The van der Waals surface area contributed by atoms with Gasteiger partial charge in [-0.2, -0.15) is 0 Å². The largest absolute Gasteiger partial charge is 0.321 e. The van der Waals surface area contributed by atoms with Gasteiger partial charge in [-0.05, 0) is 31.2 Å². The zero-order valence-electron chi connectivity index (χ0n) is 11.0. The topological polar surface area (TPSA) is 30.7 Å². The Hall–Kier alpha value is -1.94. The van der Waals surface area contributed by atoms with Gasteiger partial charge in [0.2, 0.25) is 0 Å². The van der Waals surface area contributed by atoms with Gasteiger partial charge in [-0.3, -0.25) is 4.98 Å². The third kappa shape index (κ3) is 2.39. The molecule has 0 unspecified atom stereocenters. The van der Waals surface area contributed by atoms with Gasteiger partial charge >= 0.3 is 0 Å². The van der Waals surface area contributed by atoms with Gasteiger partial charge in [0.25, 0.3) is 0 Å². The lowest BCUT2D eigenvalue weighted by Gasteiger charge is -2.07. The van der Waals surface area contributed by atoms with Crippen molar-refractivity contribution < 1.29 is 4.39 Å². The maximum Gasteiger partial charge on any atom is 0.125 e. The average molecular weight is 290 g/mol. The predicted molar refractivity (Wildman–Crippen MR) is 77.3 cm³/mol. The first-order valence-corrected chi connectivity index (χ1v) is 6.84. The van der Waals surface area contributed by atoms with Crippen molar-refractivity contribution in [1.82, 2.24) is 14.5 Å². The number of aryl methyl sites for hydroxylation is 1. The smallest absolute Gasteiger partial charge is 0.125 e. The second-order valence-corrected chi connectivity index (χ2v) is 4.92. The van der Waals surface area contributed by atoms with Crippen molar-refractivity contribution in [3.05, 3.63) is 59.4 Å². The van der Waals surface area contributed by atoms with Crippen LogP contribution in [0.15, 0.2) is 36.4 Å². The molecule has 0 aliphatic carbocycles. The lowest BCUT2D eigenvalue weighted by atomic mass is 10.3. The summed E-state index contributed by atoms with van der Waals surface area (Å²) in [6, 6.07) is 10.5. The molecular formula is C15H13ClFN3. The van der Waals surface area contributed by atoms with E-state index in [1.165, 1.54) is 12.1 Å². The van der Waals surface area contributed by atoms with Crippen LogP contribution in [-0.2, 0) is 12.4 Å². The summed E-state index contributed by atoms with van der Waals surface area (Å²) in [5.41, 5.74) is 3.38. The van der Waals surface area contributed by atoms with Crippen LogP contribution < -0.4 is 0 Å². The summed E-state index contributed by atoms with van der Waals surface area (Å²) in [5.74, 6) is 0.704. The second-order valence-electron chi connectivity index (χ2n) is 4.65. The van der Waals surface area contributed by atoms with Gasteiger partial charge in [-0.15, -0.1) is 11.6 Å². The van der Waals surface area contributed by atoms with E-state index >= 15 is 0 Å².